The van der Waals surface area contributed by atoms with Crippen LogP contribution < -0.4 is 5.73 Å². The lowest BCUT2D eigenvalue weighted by atomic mass is 9.89. The van der Waals surface area contributed by atoms with Crippen LogP contribution in [0.2, 0.25) is 0 Å². The van der Waals surface area contributed by atoms with Gasteiger partial charge in [0.1, 0.15) is 6.29 Å². The fraction of sp³-hybridized carbons (Fsp3) is 0.364. The summed E-state index contributed by atoms with van der Waals surface area (Å²) >= 11 is 1.38. The number of carbonyl (C=O) groups is 2. The van der Waals surface area contributed by atoms with Gasteiger partial charge in [0, 0.05) is 36.0 Å². The molecule has 1 aromatic carbocycles. The van der Waals surface area contributed by atoms with E-state index in [1.807, 2.05) is 12.3 Å². The van der Waals surface area contributed by atoms with Crippen LogP contribution in [0.1, 0.15) is 53.6 Å². The van der Waals surface area contributed by atoms with Gasteiger partial charge in [-0.1, -0.05) is 24.4 Å². The molecule has 0 atom stereocenters. The second kappa shape index (κ2) is 9.84. The normalized spacial score (nSPS) is 16.5. The quantitative estimate of drug-likeness (QED) is 0.554. The van der Waals surface area contributed by atoms with Gasteiger partial charge in [0.05, 0.1) is 16.8 Å². The maximum atomic E-state index is 12.2. The number of amides is 1. The number of aldehydes is 1. The van der Waals surface area contributed by atoms with Gasteiger partial charge in [-0.2, -0.15) is 0 Å². The number of H-pyrrole nitrogens is 1. The number of nitrogens with zero attached hydrogens (tertiary/aromatic N) is 1. The minimum atomic E-state index is -3.19. The average Bonchev–Trinajstić information content (AvgIpc) is 3.19. The molecule has 166 valence electrons. The lowest BCUT2D eigenvalue weighted by Crippen LogP contribution is -2.38. The number of rotatable bonds is 9. The molecule has 1 saturated heterocycles. The summed E-state index contributed by atoms with van der Waals surface area (Å²) in [6.07, 6.45) is 6.17. The van der Waals surface area contributed by atoms with Gasteiger partial charge in [0.2, 0.25) is 10.0 Å². The van der Waals surface area contributed by atoms with Crippen LogP contribution in [0.25, 0.3) is 15.8 Å². The first kappa shape index (κ1) is 23.3. The number of allylic oxidation sites excluding steroid dienone is 1. The van der Waals surface area contributed by atoms with E-state index in [4.69, 9.17) is 5.73 Å². The Morgan fingerprint density at radius 1 is 1.35 bits per heavy atom. The van der Waals surface area contributed by atoms with Crippen molar-refractivity contribution in [2.24, 2.45) is 5.73 Å². The van der Waals surface area contributed by atoms with E-state index in [-0.39, 0.29) is 18.1 Å². The number of fused-ring (bicyclic) bond motifs is 1. The zero-order valence-electron chi connectivity index (χ0n) is 17.5. The summed E-state index contributed by atoms with van der Waals surface area (Å²) in [7, 11) is -3.19. The monoisotopic (exact) mass is 461 g/mol. The molecule has 3 N–H and O–H groups in total. The first-order chi connectivity index (χ1) is 14.8. The molecule has 0 aliphatic carbocycles. The molecule has 31 heavy (non-hydrogen) atoms. The number of piperidine rings is 1. The van der Waals surface area contributed by atoms with Crippen LogP contribution in [0.5, 0.6) is 0 Å². The Morgan fingerprint density at radius 2 is 2.06 bits per heavy atom. The Bertz CT molecular complexity index is 1130. The van der Waals surface area contributed by atoms with E-state index in [0.29, 0.717) is 37.0 Å². The van der Waals surface area contributed by atoms with E-state index in [1.54, 1.807) is 28.8 Å². The molecule has 1 aliphatic heterocycles. The molecule has 2 aromatic rings. The highest BCUT2D eigenvalue weighted by molar-refractivity contribution is 8.10. The number of thioether (sulfide) groups is 1. The van der Waals surface area contributed by atoms with Gasteiger partial charge in [-0.05, 0) is 54.4 Å². The molecule has 1 aliphatic rings. The summed E-state index contributed by atoms with van der Waals surface area (Å²) in [6, 6.07) is 3.73. The van der Waals surface area contributed by atoms with Crippen LogP contribution in [0.4, 0.5) is 0 Å². The Kier molecular flexibility index (Phi) is 7.40. The van der Waals surface area contributed by atoms with Gasteiger partial charge in [0.15, 0.2) is 0 Å². The van der Waals surface area contributed by atoms with Crippen molar-refractivity contribution in [2.45, 2.75) is 32.1 Å². The van der Waals surface area contributed by atoms with Crippen molar-refractivity contribution in [2.75, 3.05) is 18.8 Å². The highest BCUT2D eigenvalue weighted by Gasteiger charge is 2.29. The summed E-state index contributed by atoms with van der Waals surface area (Å²) in [4.78, 5) is 27.0. The van der Waals surface area contributed by atoms with Crippen molar-refractivity contribution in [3.8, 4) is 0 Å². The Morgan fingerprint density at radius 3 is 2.65 bits per heavy atom. The second-order valence-electron chi connectivity index (χ2n) is 7.38. The lowest BCUT2D eigenvalue weighted by molar-refractivity contribution is -0.107. The van der Waals surface area contributed by atoms with Crippen molar-refractivity contribution < 1.29 is 18.0 Å². The SMILES string of the molecule is C=CS/C(=C\CC=O)c1cc(C(N)=O)c2[nH]cc(C3CCN(S(=O)(=O)CC)CC3)c2c1. The van der Waals surface area contributed by atoms with Crippen LogP contribution in [0, 0.1) is 0 Å². The van der Waals surface area contributed by atoms with Crippen molar-refractivity contribution in [3.63, 3.8) is 0 Å². The number of carbonyl (C=O) groups excluding carboxylic acids is 2. The third-order valence-electron chi connectivity index (χ3n) is 5.63. The first-order valence-corrected chi connectivity index (χ1v) is 12.7. The summed E-state index contributed by atoms with van der Waals surface area (Å²) in [5.74, 6) is -0.266. The fourth-order valence-corrected chi connectivity index (χ4v) is 5.79. The molecule has 1 fully saturated rings. The molecule has 9 heteroatoms. The highest BCUT2D eigenvalue weighted by atomic mass is 32.2. The van der Waals surface area contributed by atoms with Gasteiger partial charge < -0.3 is 15.5 Å². The number of hydrogen-bond donors (Lipinski definition) is 2. The van der Waals surface area contributed by atoms with Gasteiger partial charge in [-0.15, -0.1) is 0 Å². The molecule has 3 rings (SSSR count). The smallest absolute Gasteiger partial charge is 0.250 e. The van der Waals surface area contributed by atoms with Crippen LogP contribution in [-0.2, 0) is 14.8 Å². The Balaban J connectivity index is 2.03. The predicted molar refractivity (Wildman–Crippen MR) is 126 cm³/mol. The molecule has 0 spiro atoms. The average molecular weight is 462 g/mol. The molecule has 2 heterocycles. The molecule has 1 aromatic heterocycles. The molecular formula is C22H27N3O4S2. The third kappa shape index (κ3) is 4.94. The highest BCUT2D eigenvalue weighted by Crippen LogP contribution is 2.38. The largest absolute Gasteiger partial charge is 0.366 e. The summed E-state index contributed by atoms with van der Waals surface area (Å²) in [6.45, 7) is 6.37. The van der Waals surface area contributed by atoms with Crippen LogP contribution in [0.15, 0.2) is 36.4 Å². The Hall–Kier alpha value is -2.36. The van der Waals surface area contributed by atoms with Crippen LogP contribution in [-0.4, -0.2) is 48.7 Å². The zero-order chi connectivity index (χ0) is 22.6. The fourth-order valence-electron chi connectivity index (χ4n) is 4.03. The number of aromatic amines is 1. The number of nitrogens with one attached hydrogen (secondary N) is 1. The minimum Gasteiger partial charge on any atom is -0.366 e. The van der Waals surface area contributed by atoms with Gasteiger partial charge in [-0.25, -0.2) is 12.7 Å². The Labute approximate surface area is 186 Å². The van der Waals surface area contributed by atoms with Crippen molar-refractivity contribution in [3.05, 3.63) is 53.1 Å². The number of nitrogens with two attached hydrogens (primary N) is 1. The van der Waals surface area contributed by atoms with E-state index in [1.165, 1.54) is 11.8 Å². The standard InChI is InChI=1S/C22H27N3O4S2/c1-3-30-20(6-5-11-26)16-12-17-19(14-24-21(17)18(13-16)22(23)27)15-7-9-25(10-8-15)31(28,29)4-2/h3,6,11-15,24H,1,4-5,7-10H2,2H3,(H2,23,27)/b20-6-. The lowest BCUT2D eigenvalue weighted by Gasteiger charge is -2.31. The maximum absolute atomic E-state index is 12.2. The van der Waals surface area contributed by atoms with Gasteiger partial charge >= 0.3 is 0 Å². The molecule has 7 nitrogen and oxygen atoms in total. The summed E-state index contributed by atoms with van der Waals surface area (Å²) < 4.78 is 25.9. The number of primary amides is 1. The molecule has 0 bridgehead atoms. The van der Waals surface area contributed by atoms with Crippen LogP contribution in [0.3, 0.4) is 0 Å². The minimum absolute atomic E-state index is 0.104. The third-order valence-corrected chi connectivity index (χ3v) is 8.34. The maximum Gasteiger partial charge on any atom is 0.250 e. The summed E-state index contributed by atoms with van der Waals surface area (Å²) in [5, 5.41) is 2.57. The first-order valence-electron chi connectivity index (χ1n) is 10.2. The number of hydrogen-bond acceptors (Lipinski definition) is 5. The van der Waals surface area contributed by atoms with E-state index < -0.39 is 15.9 Å². The predicted octanol–water partition coefficient (Wildman–Crippen LogP) is 3.60. The molecular weight excluding hydrogens is 434 g/mol. The van der Waals surface area contributed by atoms with E-state index in [0.717, 1.165) is 27.7 Å². The molecule has 1 amide bonds. The number of benzene rings is 1. The van der Waals surface area contributed by atoms with E-state index in [9.17, 15) is 18.0 Å². The topological polar surface area (TPSA) is 113 Å². The van der Waals surface area contributed by atoms with Gasteiger partial charge in [0.25, 0.3) is 5.91 Å². The van der Waals surface area contributed by atoms with E-state index >= 15 is 0 Å². The van der Waals surface area contributed by atoms with Crippen molar-refractivity contribution in [1.82, 2.24) is 9.29 Å². The zero-order valence-corrected chi connectivity index (χ0v) is 19.1. The van der Waals surface area contributed by atoms with Crippen LogP contribution >= 0.6 is 11.8 Å². The van der Waals surface area contributed by atoms with Gasteiger partial charge in [-0.3, -0.25) is 4.79 Å². The summed E-state index contributed by atoms with van der Waals surface area (Å²) in [5.41, 5.74) is 8.55. The van der Waals surface area contributed by atoms with Crippen molar-refractivity contribution in [1.29, 1.82) is 0 Å². The number of sulfonamides is 1. The molecule has 0 unspecified atom stereocenters. The molecule has 0 saturated carbocycles. The second-order valence-corrected chi connectivity index (χ2v) is 10.7. The number of aromatic nitrogens is 1. The van der Waals surface area contributed by atoms with Crippen molar-refractivity contribution >= 4 is 49.8 Å². The molecule has 0 radical (unpaired) electrons. The van der Waals surface area contributed by atoms with E-state index in [2.05, 4.69) is 11.6 Å².